The Kier molecular flexibility index (Phi) is 4.15. The molecule has 9 heteroatoms. The van der Waals surface area contributed by atoms with Crippen molar-refractivity contribution in [3.8, 4) is 5.69 Å². The molecule has 3 rings (SSSR count). The van der Waals surface area contributed by atoms with E-state index in [9.17, 15) is 28.1 Å². The number of nitrogens with zero attached hydrogens (tertiary/aromatic N) is 2. The van der Waals surface area contributed by atoms with Crippen LogP contribution in [-0.2, 0) is 6.18 Å². The largest absolute Gasteiger partial charge is 0.416 e. The molecule has 1 heterocycles. The molecule has 0 amide bonds. The Bertz CT molecular complexity index is 1060. The fourth-order valence-corrected chi connectivity index (χ4v) is 2.81. The lowest BCUT2D eigenvalue weighted by molar-refractivity contribution is -0.385. The molecule has 0 radical (unpaired) electrons. The zero-order valence-electron chi connectivity index (χ0n) is 13.4. The monoisotopic (exact) mass is 363 g/mol. The van der Waals surface area contributed by atoms with Gasteiger partial charge in [-0.05, 0) is 30.3 Å². The number of pyridine rings is 1. The predicted molar refractivity (Wildman–Crippen MR) is 90.7 cm³/mol. The fraction of sp³-hybridized carbons (Fsp3) is 0.118. The maximum Gasteiger partial charge on any atom is 0.416 e. The summed E-state index contributed by atoms with van der Waals surface area (Å²) in [6, 6.07) is 10.6. The van der Waals surface area contributed by atoms with Gasteiger partial charge in [0.25, 0.3) is 0 Å². The maximum atomic E-state index is 13.1. The minimum absolute atomic E-state index is 0.0778. The number of nitro groups is 1. The lowest BCUT2D eigenvalue weighted by Gasteiger charge is -2.16. The van der Waals surface area contributed by atoms with Crippen molar-refractivity contribution in [1.82, 2.24) is 4.57 Å². The minimum Gasteiger partial charge on any atom is -0.382 e. The first-order chi connectivity index (χ1) is 12.3. The molecular formula is C17H12F3N3O3. The molecule has 0 atom stereocenters. The Hall–Kier alpha value is -3.36. The Morgan fingerprint density at radius 1 is 1.12 bits per heavy atom. The summed E-state index contributed by atoms with van der Waals surface area (Å²) in [6.45, 7) is 0. The van der Waals surface area contributed by atoms with Gasteiger partial charge in [-0.1, -0.05) is 18.2 Å². The second-order valence-corrected chi connectivity index (χ2v) is 5.44. The quantitative estimate of drug-likeness (QED) is 0.564. The normalized spacial score (nSPS) is 11.5. The van der Waals surface area contributed by atoms with E-state index in [4.69, 9.17) is 0 Å². The smallest absolute Gasteiger partial charge is 0.382 e. The van der Waals surface area contributed by atoms with E-state index >= 15 is 0 Å². The predicted octanol–water partition coefficient (Wildman–Crippen LogP) is 3.96. The third-order valence-corrected chi connectivity index (χ3v) is 3.92. The van der Waals surface area contributed by atoms with Crippen molar-refractivity contribution in [2.75, 3.05) is 12.4 Å². The van der Waals surface area contributed by atoms with Crippen LogP contribution in [0, 0.1) is 10.1 Å². The number of nitrogens with one attached hydrogen (secondary N) is 1. The Labute approximate surface area is 144 Å². The number of benzene rings is 2. The maximum absolute atomic E-state index is 13.1. The third kappa shape index (κ3) is 2.77. The number of fused-ring (bicyclic) bond motifs is 1. The van der Waals surface area contributed by atoms with Gasteiger partial charge in [0.2, 0.25) is 0 Å². The van der Waals surface area contributed by atoms with Gasteiger partial charge in [-0.2, -0.15) is 13.2 Å². The third-order valence-electron chi connectivity index (χ3n) is 3.92. The number of halogens is 3. The highest BCUT2D eigenvalue weighted by molar-refractivity contribution is 5.97. The zero-order valence-corrected chi connectivity index (χ0v) is 13.4. The van der Waals surface area contributed by atoms with Crippen molar-refractivity contribution in [1.29, 1.82) is 0 Å². The Balaban J connectivity index is 2.55. The van der Waals surface area contributed by atoms with Crippen LogP contribution in [0.2, 0.25) is 0 Å². The highest BCUT2D eigenvalue weighted by Crippen LogP contribution is 2.36. The van der Waals surface area contributed by atoms with Gasteiger partial charge >= 0.3 is 17.4 Å². The van der Waals surface area contributed by atoms with Crippen LogP contribution in [0.3, 0.4) is 0 Å². The summed E-state index contributed by atoms with van der Waals surface area (Å²) in [6.07, 6.45) is -4.62. The van der Waals surface area contributed by atoms with Crippen LogP contribution in [0.4, 0.5) is 24.5 Å². The highest BCUT2D eigenvalue weighted by atomic mass is 19.4. The summed E-state index contributed by atoms with van der Waals surface area (Å²) in [4.78, 5) is 23.4. The molecule has 0 fully saturated rings. The number of para-hydroxylation sites is 1. The molecule has 1 N–H and O–H groups in total. The summed E-state index contributed by atoms with van der Waals surface area (Å²) in [5.41, 5.74) is -2.68. The topological polar surface area (TPSA) is 77.2 Å². The molecular weight excluding hydrogens is 351 g/mol. The molecule has 0 unspecified atom stereocenters. The minimum atomic E-state index is -4.62. The molecule has 0 aliphatic carbocycles. The second-order valence-electron chi connectivity index (χ2n) is 5.44. The molecule has 0 aliphatic heterocycles. The van der Waals surface area contributed by atoms with Gasteiger partial charge < -0.3 is 5.32 Å². The van der Waals surface area contributed by atoms with Crippen LogP contribution in [-0.4, -0.2) is 16.5 Å². The highest BCUT2D eigenvalue weighted by Gasteiger charge is 2.32. The Morgan fingerprint density at radius 2 is 1.77 bits per heavy atom. The van der Waals surface area contributed by atoms with E-state index in [0.29, 0.717) is 0 Å². The molecule has 0 saturated heterocycles. The number of hydrogen-bond acceptors (Lipinski definition) is 4. The SMILES string of the molecule is CNc1c([N+](=O)[O-])c(=O)n(-c2ccccc2)c2cc(C(F)(F)F)ccc12. The molecule has 1 aromatic heterocycles. The summed E-state index contributed by atoms with van der Waals surface area (Å²) >= 11 is 0. The standard InChI is InChI=1S/C17H12F3N3O3/c1-21-14-12-8-7-10(17(18,19)20)9-13(12)22(11-5-3-2-4-6-11)16(24)15(14)23(25)26/h2-9,21H,1H3. The first-order valence-corrected chi connectivity index (χ1v) is 7.43. The lowest BCUT2D eigenvalue weighted by atomic mass is 10.1. The molecule has 26 heavy (non-hydrogen) atoms. The van der Waals surface area contributed by atoms with Crippen molar-refractivity contribution in [3.05, 3.63) is 74.6 Å². The lowest BCUT2D eigenvalue weighted by Crippen LogP contribution is -2.23. The molecule has 2 aromatic carbocycles. The number of alkyl halides is 3. The fourth-order valence-electron chi connectivity index (χ4n) is 2.81. The molecule has 0 bridgehead atoms. The summed E-state index contributed by atoms with van der Waals surface area (Å²) in [5, 5.41) is 14.1. The molecule has 0 spiro atoms. The van der Waals surface area contributed by atoms with Crippen LogP contribution in [0.15, 0.2) is 53.3 Å². The zero-order chi connectivity index (χ0) is 19.1. The van der Waals surface area contributed by atoms with E-state index < -0.39 is 27.9 Å². The molecule has 0 aliphatic rings. The van der Waals surface area contributed by atoms with Gasteiger partial charge in [0.15, 0.2) is 0 Å². The summed E-state index contributed by atoms with van der Waals surface area (Å²) in [5.74, 6) is 0. The van der Waals surface area contributed by atoms with Gasteiger partial charge in [-0.15, -0.1) is 0 Å². The van der Waals surface area contributed by atoms with E-state index in [1.54, 1.807) is 18.2 Å². The van der Waals surface area contributed by atoms with Crippen molar-refractivity contribution in [2.45, 2.75) is 6.18 Å². The molecule has 6 nitrogen and oxygen atoms in total. The van der Waals surface area contributed by atoms with E-state index in [2.05, 4.69) is 5.32 Å². The number of rotatable bonds is 3. The molecule has 3 aromatic rings. The number of hydrogen-bond donors (Lipinski definition) is 1. The van der Waals surface area contributed by atoms with E-state index in [0.717, 1.165) is 22.8 Å². The van der Waals surface area contributed by atoms with Gasteiger partial charge in [-0.25, -0.2) is 0 Å². The average Bonchev–Trinajstić information content (AvgIpc) is 2.59. The van der Waals surface area contributed by atoms with E-state index in [-0.39, 0.29) is 22.3 Å². The van der Waals surface area contributed by atoms with Crippen molar-refractivity contribution in [3.63, 3.8) is 0 Å². The number of aromatic nitrogens is 1. The van der Waals surface area contributed by atoms with Crippen LogP contribution >= 0.6 is 0 Å². The van der Waals surface area contributed by atoms with Gasteiger partial charge in [0.05, 0.1) is 16.0 Å². The van der Waals surface area contributed by atoms with Crippen LogP contribution in [0.5, 0.6) is 0 Å². The van der Waals surface area contributed by atoms with E-state index in [1.807, 2.05) is 0 Å². The van der Waals surface area contributed by atoms with E-state index in [1.165, 1.54) is 19.2 Å². The van der Waals surface area contributed by atoms with Gasteiger partial charge in [0, 0.05) is 18.1 Å². The first-order valence-electron chi connectivity index (χ1n) is 7.43. The summed E-state index contributed by atoms with van der Waals surface area (Å²) < 4.78 is 40.3. The van der Waals surface area contributed by atoms with Gasteiger partial charge in [-0.3, -0.25) is 19.5 Å². The Morgan fingerprint density at radius 3 is 2.31 bits per heavy atom. The van der Waals surface area contributed by atoms with Gasteiger partial charge in [0.1, 0.15) is 5.69 Å². The van der Waals surface area contributed by atoms with Crippen LogP contribution in [0.25, 0.3) is 16.6 Å². The number of anilines is 1. The van der Waals surface area contributed by atoms with Crippen molar-refractivity contribution in [2.24, 2.45) is 0 Å². The molecule has 0 saturated carbocycles. The van der Waals surface area contributed by atoms with Crippen LogP contribution in [0.1, 0.15) is 5.56 Å². The second kappa shape index (κ2) is 6.17. The van der Waals surface area contributed by atoms with Crippen molar-refractivity contribution >= 4 is 22.3 Å². The van der Waals surface area contributed by atoms with Crippen molar-refractivity contribution < 1.29 is 18.1 Å². The molecule has 134 valence electrons. The first kappa shape index (κ1) is 17.5. The average molecular weight is 363 g/mol. The summed E-state index contributed by atoms with van der Waals surface area (Å²) in [7, 11) is 1.37. The van der Waals surface area contributed by atoms with Crippen LogP contribution < -0.4 is 10.9 Å².